The van der Waals surface area contributed by atoms with Gasteiger partial charge in [-0.05, 0) is 45.1 Å². The van der Waals surface area contributed by atoms with Crippen LogP contribution in [0.2, 0.25) is 0 Å². The van der Waals surface area contributed by atoms with E-state index in [1.165, 1.54) is 5.56 Å². The minimum Gasteiger partial charge on any atom is -0.497 e. The molecule has 2 aromatic rings. The Hall–Kier alpha value is -1.81. The van der Waals surface area contributed by atoms with Crippen molar-refractivity contribution in [2.45, 2.75) is 46.2 Å². The van der Waals surface area contributed by atoms with Crippen molar-refractivity contribution in [3.05, 3.63) is 46.8 Å². The van der Waals surface area contributed by atoms with E-state index in [-0.39, 0.29) is 30.0 Å². The summed E-state index contributed by atoms with van der Waals surface area (Å²) in [5, 5.41) is 11.0. The second kappa shape index (κ2) is 13.5. The minimum atomic E-state index is 0. The molecule has 8 heteroatoms. The van der Waals surface area contributed by atoms with Crippen LogP contribution in [0, 0.1) is 0 Å². The van der Waals surface area contributed by atoms with Gasteiger partial charge in [0.2, 0.25) is 0 Å². The smallest absolute Gasteiger partial charge is 0.191 e. The zero-order valence-electron chi connectivity index (χ0n) is 19.0. The summed E-state index contributed by atoms with van der Waals surface area (Å²) >= 11 is 0. The first kappa shape index (κ1) is 26.2. The second-order valence-electron chi connectivity index (χ2n) is 7.07. The number of aliphatic imine (C=N–C) groups is 1. The highest BCUT2D eigenvalue weighted by Gasteiger charge is 2.16. The van der Waals surface area contributed by atoms with Crippen LogP contribution in [0.4, 0.5) is 0 Å². The highest BCUT2D eigenvalue weighted by Crippen LogP contribution is 2.21. The van der Waals surface area contributed by atoms with Crippen molar-refractivity contribution < 1.29 is 9.26 Å². The molecule has 0 aliphatic heterocycles. The SMILES string of the molecule is CCNC(=NCc1c(CC)noc1CC)NCC(c1ccc(OC)cc1)N(C)C.I. The third-order valence-corrected chi connectivity index (χ3v) is 4.93. The molecule has 2 N–H and O–H groups in total. The average Bonchev–Trinajstić information content (AvgIpc) is 3.14. The fourth-order valence-electron chi connectivity index (χ4n) is 3.23. The monoisotopic (exact) mass is 529 g/mol. The molecular formula is C22H36IN5O2. The number of nitrogens with one attached hydrogen (secondary N) is 2. The number of aromatic nitrogens is 1. The molecule has 30 heavy (non-hydrogen) atoms. The summed E-state index contributed by atoms with van der Waals surface area (Å²) in [6.07, 6.45) is 1.67. The summed E-state index contributed by atoms with van der Waals surface area (Å²) in [5.41, 5.74) is 3.32. The maximum absolute atomic E-state index is 5.46. The number of aryl methyl sites for hydroxylation is 2. The van der Waals surface area contributed by atoms with Gasteiger partial charge in [0.05, 0.1) is 25.4 Å². The summed E-state index contributed by atoms with van der Waals surface area (Å²) in [6.45, 7) is 8.32. The van der Waals surface area contributed by atoms with E-state index >= 15 is 0 Å². The second-order valence-corrected chi connectivity index (χ2v) is 7.07. The summed E-state index contributed by atoms with van der Waals surface area (Å²) in [6, 6.07) is 8.41. The lowest BCUT2D eigenvalue weighted by Gasteiger charge is -2.26. The van der Waals surface area contributed by atoms with Crippen molar-refractivity contribution in [1.82, 2.24) is 20.7 Å². The Morgan fingerprint density at radius 3 is 2.37 bits per heavy atom. The van der Waals surface area contributed by atoms with Crippen molar-refractivity contribution in [2.75, 3.05) is 34.3 Å². The zero-order chi connectivity index (χ0) is 21.2. The third-order valence-electron chi connectivity index (χ3n) is 4.93. The van der Waals surface area contributed by atoms with Crippen LogP contribution in [0.5, 0.6) is 5.75 Å². The van der Waals surface area contributed by atoms with Crippen LogP contribution in [0.3, 0.4) is 0 Å². The fourth-order valence-corrected chi connectivity index (χ4v) is 3.23. The Kier molecular flexibility index (Phi) is 11.8. The molecule has 0 radical (unpaired) electrons. The number of methoxy groups -OCH3 is 1. The van der Waals surface area contributed by atoms with Crippen molar-refractivity contribution in [1.29, 1.82) is 0 Å². The lowest BCUT2D eigenvalue weighted by atomic mass is 10.1. The largest absolute Gasteiger partial charge is 0.497 e. The summed E-state index contributed by atoms with van der Waals surface area (Å²) < 4.78 is 10.7. The predicted octanol–water partition coefficient (Wildman–Crippen LogP) is 3.78. The molecule has 0 fully saturated rings. The molecule has 1 aromatic carbocycles. The van der Waals surface area contributed by atoms with Gasteiger partial charge in [-0.3, -0.25) is 0 Å². The number of benzene rings is 1. The number of ether oxygens (including phenoxy) is 1. The van der Waals surface area contributed by atoms with E-state index in [9.17, 15) is 0 Å². The molecule has 1 aromatic heterocycles. The molecule has 0 aliphatic carbocycles. The van der Waals surface area contributed by atoms with Gasteiger partial charge in [0.15, 0.2) is 5.96 Å². The van der Waals surface area contributed by atoms with Crippen molar-refractivity contribution >= 4 is 29.9 Å². The third kappa shape index (κ3) is 7.16. The van der Waals surface area contributed by atoms with Gasteiger partial charge in [-0.1, -0.05) is 31.1 Å². The molecule has 0 amide bonds. The summed E-state index contributed by atoms with van der Waals surface area (Å²) in [5.74, 6) is 2.57. The van der Waals surface area contributed by atoms with E-state index < -0.39 is 0 Å². The Bertz CT molecular complexity index is 753. The van der Waals surface area contributed by atoms with Gasteiger partial charge in [0.25, 0.3) is 0 Å². The number of halogens is 1. The van der Waals surface area contributed by atoms with Crippen molar-refractivity contribution in [2.24, 2.45) is 4.99 Å². The highest BCUT2D eigenvalue weighted by atomic mass is 127. The molecule has 2 rings (SSSR count). The molecule has 168 valence electrons. The highest BCUT2D eigenvalue weighted by molar-refractivity contribution is 14.0. The van der Waals surface area contributed by atoms with E-state index in [1.807, 2.05) is 12.1 Å². The van der Waals surface area contributed by atoms with Gasteiger partial charge >= 0.3 is 0 Å². The Balaban J connectivity index is 0.00000450. The Morgan fingerprint density at radius 1 is 1.13 bits per heavy atom. The maximum Gasteiger partial charge on any atom is 0.191 e. The molecule has 0 aliphatic rings. The summed E-state index contributed by atoms with van der Waals surface area (Å²) in [4.78, 5) is 6.98. The number of nitrogens with zero attached hydrogens (tertiary/aromatic N) is 3. The molecule has 1 atom stereocenters. The summed E-state index contributed by atoms with van der Waals surface area (Å²) in [7, 11) is 5.85. The van der Waals surface area contributed by atoms with Crippen molar-refractivity contribution in [3.8, 4) is 5.75 Å². The van der Waals surface area contributed by atoms with Crippen LogP contribution in [0.25, 0.3) is 0 Å². The Labute approximate surface area is 197 Å². The van der Waals surface area contributed by atoms with Crippen LogP contribution >= 0.6 is 24.0 Å². The molecule has 0 spiro atoms. The first-order valence-electron chi connectivity index (χ1n) is 10.3. The Morgan fingerprint density at radius 2 is 1.83 bits per heavy atom. The van der Waals surface area contributed by atoms with E-state index in [0.717, 1.165) is 54.7 Å². The van der Waals surface area contributed by atoms with Crippen LogP contribution in [0.15, 0.2) is 33.8 Å². The van der Waals surface area contributed by atoms with Crippen LogP contribution < -0.4 is 15.4 Å². The van der Waals surface area contributed by atoms with E-state index in [2.05, 4.69) is 67.7 Å². The van der Waals surface area contributed by atoms with Gasteiger partial charge in [0, 0.05) is 25.1 Å². The lowest BCUT2D eigenvalue weighted by Crippen LogP contribution is -2.41. The van der Waals surface area contributed by atoms with Crippen LogP contribution in [0.1, 0.15) is 49.4 Å². The van der Waals surface area contributed by atoms with Gasteiger partial charge in [-0.2, -0.15) is 0 Å². The predicted molar refractivity (Wildman–Crippen MR) is 133 cm³/mol. The number of rotatable bonds is 10. The fraction of sp³-hybridized carbons (Fsp3) is 0.545. The molecule has 0 bridgehead atoms. The number of guanidine groups is 1. The van der Waals surface area contributed by atoms with E-state index in [1.54, 1.807) is 7.11 Å². The topological polar surface area (TPSA) is 74.9 Å². The van der Waals surface area contributed by atoms with Gasteiger partial charge in [0.1, 0.15) is 11.5 Å². The van der Waals surface area contributed by atoms with Gasteiger partial charge in [-0.25, -0.2) is 4.99 Å². The van der Waals surface area contributed by atoms with Crippen LogP contribution in [-0.2, 0) is 19.4 Å². The van der Waals surface area contributed by atoms with E-state index in [4.69, 9.17) is 14.3 Å². The first-order valence-corrected chi connectivity index (χ1v) is 10.3. The van der Waals surface area contributed by atoms with Gasteiger partial charge < -0.3 is 24.8 Å². The maximum atomic E-state index is 5.46. The molecule has 0 saturated heterocycles. The molecule has 7 nitrogen and oxygen atoms in total. The quantitative estimate of drug-likeness (QED) is 0.277. The average molecular weight is 529 g/mol. The minimum absolute atomic E-state index is 0. The number of likely N-dealkylation sites (N-methyl/N-ethyl adjacent to an activating group) is 1. The normalized spacial score (nSPS) is 12.4. The first-order chi connectivity index (χ1) is 14.0. The molecular weight excluding hydrogens is 493 g/mol. The van der Waals surface area contributed by atoms with E-state index in [0.29, 0.717) is 6.54 Å². The number of hydrogen-bond donors (Lipinski definition) is 2. The van der Waals surface area contributed by atoms with Crippen LogP contribution in [-0.4, -0.2) is 50.3 Å². The van der Waals surface area contributed by atoms with Gasteiger partial charge in [-0.15, -0.1) is 24.0 Å². The lowest BCUT2D eigenvalue weighted by molar-refractivity contribution is 0.298. The molecule has 1 heterocycles. The molecule has 0 saturated carbocycles. The number of hydrogen-bond acceptors (Lipinski definition) is 5. The standard InChI is InChI=1S/C22H35N5O2.HI/c1-7-19-18(21(8-2)29-26-19)14-24-22(23-9-3)25-15-20(27(4)5)16-10-12-17(28-6)13-11-16;/h10-13,20H,7-9,14-15H2,1-6H3,(H2,23,24,25);1H. The van der Waals surface area contributed by atoms with Crippen molar-refractivity contribution in [3.63, 3.8) is 0 Å². The molecule has 1 unspecified atom stereocenters. The zero-order valence-corrected chi connectivity index (χ0v) is 21.3.